The Morgan fingerprint density at radius 3 is 2.78 bits per heavy atom. The van der Waals surface area contributed by atoms with Gasteiger partial charge in [0, 0.05) is 18.5 Å². The summed E-state index contributed by atoms with van der Waals surface area (Å²) in [7, 11) is 0. The standard InChI is InChI=1S/C13H17N3O2/c14-13(18)11-3-1-2-9(4-11)8-16-12(17)5-10-6-15-7-10/h1-4,10,15H,5-8H2,(H2,14,18)(H,16,17). The largest absolute Gasteiger partial charge is 0.366 e. The molecule has 0 saturated carbocycles. The first-order valence-corrected chi connectivity index (χ1v) is 6.01. The van der Waals surface area contributed by atoms with Gasteiger partial charge >= 0.3 is 0 Å². The third-order valence-electron chi connectivity index (χ3n) is 3.04. The van der Waals surface area contributed by atoms with Crippen molar-refractivity contribution >= 4 is 11.8 Å². The molecule has 4 N–H and O–H groups in total. The summed E-state index contributed by atoms with van der Waals surface area (Å²) >= 11 is 0. The Labute approximate surface area is 106 Å². The molecule has 0 spiro atoms. The monoisotopic (exact) mass is 247 g/mol. The lowest BCUT2D eigenvalue weighted by Crippen LogP contribution is -2.44. The first-order valence-electron chi connectivity index (χ1n) is 6.01. The predicted molar refractivity (Wildman–Crippen MR) is 67.8 cm³/mol. The van der Waals surface area contributed by atoms with E-state index in [1.165, 1.54) is 0 Å². The van der Waals surface area contributed by atoms with Crippen molar-refractivity contribution in [1.82, 2.24) is 10.6 Å². The maximum absolute atomic E-state index is 11.6. The second kappa shape index (κ2) is 5.64. The van der Waals surface area contributed by atoms with Gasteiger partial charge in [0.1, 0.15) is 0 Å². The average molecular weight is 247 g/mol. The normalized spacial score (nSPS) is 14.9. The molecular formula is C13H17N3O2. The van der Waals surface area contributed by atoms with Crippen LogP contribution < -0.4 is 16.4 Å². The van der Waals surface area contributed by atoms with Crippen molar-refractivity contribution in [3.63, 3.8) is 0 Å². The van der Waals surface area contributed by atoms with Crippen LogP contribution in [0.4, 0.5) is 0 Å². The van der Waals surface area contributed by atoms with Crippen molar-refractivity contribution in [1.29, 1.82) is 0 Å². The number of carbonyl (C=O) groups is 2. The van der Waals surface area contributed by atoms with Gasteiger partial charge in [0.05, 0.1) is 0 Å². The third-order valence-corrected chi connectivity index (χ3v) is 3.04. The van der Waals surface area contributed by atoms with E-state index in [4.69, 9.17) is 5.73 Å². The minimum absolute atomic E-state index is 0.0472. The number of nitrogens with one attached hydrogen (secondary N) is 2. The van der Waals surface area contributed by atoms with Crippen molar-refractivity contribution in [2.75, 3.05) is 13.1 Å². The van der Waals surface area contributed by atoms with Gasteiger partial charge in [0.25, 0.3) is 0 Å². The molecule has 1 heterocycles. The molecule has 1 saturated heterocycles. The Bertz CT molecular complexity index is 455. The van der Waals surface area contributed by atoms with Gasteiger partial charge in [-0.1, -0.05) is 12.1 Å². The lowest BCUT2D eigenvalue weighted by molar-refractivity contribution is -0.122. The van der Waals surface area contributed by atoms with Crippen molar-refractivity contribution in [3.05, 3.63) is 35.4 Å². The number of carbonyl (C=O) groups excluding carboxylic acids is 2. The van der Waals surface area contributed by atoms with Crippen LogP contribution in [0.25, 0.3) is 0 Å². The topological polar surface area (TPSA) is 84.2 Å². The van der Waals surface area contributed by atoms with E-state index in [0.717, 1.165) is 18.7 Å². The molecular weight excluding hydrogens is 230 g/mol. The van der Waals surface area contributed by atoms with E-state index in [1.54, 1.807) is 18.2 Å². The van der Waals surface area contributed by atoms with Crippen LogP contribution >= 0.6 is 0 Å². The van der Waals surface area contributed by atoms with E-state index in [1.807, 2.05) is 6.07 Å². The summed E-state index contributed by atoms with van der Waals surface area (Å²) in [6.07, 6.45) is 0.558. The second-order valence-electron chi connectivity index (χ2n) is 4.57. The Kier molecular flexibility index (Phi) is 3.94. The third kappa shape index (κ3) is 3.30. The highest BCUT2D eigenvalue weighted by Crippen LogP contribution is 2.08. The quantitative estimate of drug-likeness (QED) is 0.685. The maximum atomic E-state index is 11.6. The van der Waals surface area contributed by atoms with Gasteiger partial charge in [-0.25, -0.2) is 0 Å². The molecule has 1 aliphatic heterocycles. The predicted octanol–water partition coefficient (Wildman–Crippen LogP) is 0.0112. The van der Waals surface area contributed by atoms with Crippen LogP contribution in [0, 0.1) is 5.92 Å². The van der Waals surface area contributed by atoms with Crippen LogP contribution in [0.2, 0.25) is 0 Å². The molecule has 0 aliphatic carbocycles. The van der Waals surface area contributed by atoms with Gasteiger partial charge in [0.15, 0.2) is 0 Å². The SMILES string of the molecule is NC(=O)c1cccc(CNC(=O)CC2CNC2)c1. The Balaban J connectivity index is 1.83. The zero-order valence-electron chi connectivity index (χ0n) is 10.1. The lowest BCUT2D eigenvalue weighted by Gasteiger charge is -2.26. The van der Waals surface area contributed by atoms with Crippen molar-refractivity contribution in [2.45, 2.75) is 13.0 Å². The van der Waals surface area contributed by atoms with E-state index in [0.29, 0.717) is 24.4 Å². The van der Waals surface area contributed by atoms with Crippen molar-refractivity contribution in [2.24, 2.45) is 11.7 Å². The number of hydrogen-bond donors (Lipinski definition) is 3. The van der Waals surface area contributed by atoms with E-state index in [-0.39, 0.29) is 5.91 Å². The summed E-state index contributed by atoms with van der Waals surface area (Å²) in [6, 6.07) is 6.98. The highest BCUT2D eigenvalue weighted by atomic mass is 16.1. The number of amides is 2. The van der Waals surface area contributed by atoms with Crippen LogP contribution in [0.5, 0.6) is 0 Å². The zero-order chi connectivity index (χ0) is 13.0. The van der Waals surface area contributed by atoms with Gasteiger partial charge < -0.3 is 16.4 Å². The number of primary amides is 1. The number of nitrogens with two attached hydrogens (primary N) is 1. The zero-order valence-corrected chi connectivity index (χ0v) is 10.1. The molecule has 5 nitrogen and oxygen atoms in total. The van der Waals surface area contributed by atoms with Crippen molar-refractivity contribution in [3.8, 4) is 0 Å². The fourth-order valence-electron chi connectivity index (χ4n) is 1.86. The summed E-state index contributed by atoms with van der Waals surface area (Å²) in [5.41, 5.74) is 6.54. The molecule has 18 heavy (non-hydrogen) atoms. The van der Waals surface area contributed by atoms with Crippen LogP contribution in [0.1, 0.15) is 22.3 Å². The molecule has 0 radical (unpaired) electrons. The molecule has 1 aliphatic rings. The summed E-state index contributed by atoms with van der Waals surface area (Å²) < 4.78 is 0. The number of hydrogen-bond acceptors (Lipinski definition) is 3. The van der Waals surface area contributed by atoms with Gasteiger partial charge in [-0.15, -0.1) is 0 Å². The molecule has 96 valence electrons. The fourth-order valence-corrected chi connectivity index (χ4v) is 1.86. The molecule has 1 fully saturated rings. The van der Waals surface area contributed by atoms with Gasteiger partial charge in [-0.2, -0.15) is 0 Å². The first kappa shape index (κ1) is 12.6. The van der Waals surface area contributed by atoms with Crippen LogP contribution in [-0.2, 0) is 11.3 Å². The summed E-state index contributed by atoms with van der Waals surface area (Å²) in [5, 5.41) is 5.97. The molecule has 0 aromatic heterocycles. The minimum atomic E-state index is -0.455. The molecule has 1 aromatic rings. The Morgan fingerprint density at radius 2 is 2.17 bits per heavy atom. The maximum Gasteiger partial charge on any atom is 0.248 e. The first-order chi connectivity index (χ1) is 8.65. The highest BCUT2D eigenvalue weighted by molar-refractivity contribution is 5.92. The van der Waals surface area contributed by atoms with Gasteiger partial charge in [-0.05, 0) is 36.7 Å². The molecule has 0 unspecified atom stereocenters. The van der Waals surface area contributed by atoms with Crippen LogP contribution in [0.3, 0.4) is 0 Å². The van der Waals surface area contributed by atoms with Crippen LogP contribution in [-0.4, -0.2) is 24.9 Å². The molecule has 5 heteroatoms. The summed E-state index contributed by atoms with van der Waals surface area (Å²) in [6.45, 7) is 2.27. The van der Waals surface area contributed by atoms with Crippen LogP contribution in [0.15, 0.2) is 24.3 Å². The van der Waals surface area contributed by atoms with E-state index in [2.05, 4.69) is 10.6 Å². The van der Waals surface area contributed by atoms with E-state index < -0.39 is 5.91 Å². The van der Waals surface area contributed by atoms with Gasteiger partial charge in [-0.3, -0.25) is 9.59 Å². The molecule has 0 bridgehead atoms. The molecule has 2 rings (SSSR count). The highest BCUT2D eigenvalue weighted by Gasteiger charge is 2.19. The fraction of sp³-hybridized carbons (Fsp3) is 0.385. The van der Waals surface area contributed by atoms with E-state index >= 15 is 0 Å². The summed E-state index contributed by atoms with van der Waals surface area (Å²) in [4.78, 5) is 22.6. The second-order valence-corrected chi connectivity index (χ2v) is 4.57. The van der Waals surface area contributed by atoms with E-state index in [9.17, 15) is 9.59 Å². The lowest BCUT2D eigenvalue weighted by atomic mass is 9.99. The summed E-state index contributed by atoms with van der Waals surface area (Å²) in [5.74, 6) is 0.0525. The van der Waals surface area contributed by atoms with Crippen molar-refractivity contribution < 1.29 is 9.59 Å². The molecule has 0 atom stereocenters. The number of benzene rings is 1. The molecule has 2 amide bonds. The smallest absolute Gasteiger partial charge is 0.248 e. The molecule has 1 aromatic carbocycles. The number of rotatable bonds is 5. The average Bonchev–Trinajstić information content (AvgIpc) is 2.31. The Hall–Kier alpha value is -1.88. The minimum Gasteiger partial charge on any atom is -0.366 e. The Morgan fingerprint density at radius 1 is 1.39 bits per heavy atom. The van der Waals surface area contributed by atoms with Gasteiger partial charge in [0.2, 0.25) is 11.8 Å².